The average molecular weight is 250 g/mol. The molecule has 0 radical (unpaired) electrons. The molecule has 0 saturated heterocycles. The van der Waals surface area contributed by atoms with Gasteiger partial charge >= 0.3 is 6.18 Å². The van der Waals surface area contributed by atoms with E-state index in [2.05, 4.69) is 5.10 Å². The van der Waals surface area contributed by atoms with Crippen molar-refractivity contribution in [2.45, 2.75) is 19.6 Å². The van der Waals surface area contributed by atoms with Crippen molar-refractivity contribution in [3.8, 4) is 0 Å². The molecule has 1 heterocycles. The molecule has 0 fully saturated rings. The van der Waals surface area contributed by atoms with E-state index in [1.165, 1.54) is 23.9 Å². The van der Waals surface area contributed by atoms with E-state index in [1.807, 2.05) is 0 Å². The molecule has 17 heavy (non-hydrogen) atoms. The lowest BCUT2D eigenvalue weighted by Gasteiger charge is -2.22. The molecular weight excluding hydrogens is 237 g/mol. The fourth-order valence-corrected chi connectivity index (χ4v) is 1.30. The second-order valence-corrected chi connectivity index (χ2v) is 3.46. The Hall–Kier alpha value is -1.73. The lowest BCUT2D eigenvalue weighted by Crippen LogP contribution is -2.40. The van der Waals surface area contributed by atoms with Gasteiger partial charge in [0, 0.05) is 12.7 Å². The van der Waals surface area contributed by atoms with Gasteiger partial charge in [0.05, 0.1) is 0 Å². The number of alkyl halides is 3. The molecule has 96 valence electrons. The van der Waals surface area contributed by atoms with Crippen LogP contribution in [-0.2, 0) is 11.3 Å². The first-order chi connectivity index (χ1) is 7.81. The summed E-state index contributed by atoms with van der Waals surface area (Å²) in [6, 6.07) is 1.47. The van der Waals surface area contributed by atoms with E-state index in [9.17, 15) is 18.0 Å². The zero-order valence-corrected chi connectivity index (χ0v) is 9.24. The predicted octanol–water partition coefficient (Wildman–Crippen LogP) is 0.876. The SMILES string of the molecule is CCN(CC(F)(F)F)C(=O)Cn1ccc(N)n1. The van der Waals surface area contributed by atoms with Crippen molar-refractivity contribution in [1.82, 2.24) is 14.7 Å². The number of hydrogen-bond acceptors (Lipinski definition) is 3. The number of carbonyl (C=O) groups is 1. The molecule has 1 aromatic heterocycles. The van der Waals surface area contributed by atoms with Crippen LogP contribution in [0, 0.1) is 0 Å². The highest BCUT2D eigenvalue weighted by molar-refractivity contribution is 5.75. The Morgan fingerprint density at radius 3 is 2.65 bits per heavy atom. The molecule has 0 aliphatic carbocycles. The summed E-state index contributed by atoms with van der Waals surface area (Å²) in [6.45, 7) is -0.0175. The third-order valence-electron chi connectivity index (χ3n) is 2.06. The number of likely N-dealkylation sites (N-methyl/N-ethyl adjacent to an activating group) is 1. The van der Waals surface area contributed by atoms with Crippen LogP contribution in [0.5, 0.6) is 0 Å². The summed E-state index contributed by atoms with van der Waals surface area (Å²) in [5.74, 6) is -0.426. The van der Waals surface area contributed by atoms with Gasteiger partial charge in [0.1, 0.15) is 18.9 Å². The van der Waals surface area contributed by atoms with Crippen LogP contribution >= 0.6 is 0 Å². The number of rotatable bonds is 4. The van der Waals surface area contributed by atoms with E-state index >= 15 is 0 Å². The number of halogens is 3. The highest BCUT2D eigenvalue weighted by atomic mass is 19.4. The van der Waals surface area contributed by atoms with Crippen molar-refractivity contribution in [2.24, 2.45) is 0 Å². The maximum Gasteiger partial charge on any atom is 0.406 e. The van der Waals surface area contributed by atoms with Gasteiger partial charge < -0.3 is 10.6 Å². The van der Waals surface area contributed by atoms with Crippen LogP contribution in [0.1, 0.15) is 6.92 Å². The highest BCUT2D eigenvalue weighted by Gasteiger charge is 2.32. The van der Waals surface area contributed by atoms with E-state index in [4.69, 9.17) is 5.73 Å². The van der Waals surface area contributed by atoms with Gasteiger partial charge in [-0.2, -0.15) is 18.3 Å². The molecule has 0 atom stereocenters. The molecule has 0 saturated carbocycles. The second kappa shape index (κ2) is 5.07. The van der Waals surface area contributed by atoms with Crippen molar-refractivity contribution in [3.63, 3.8) is 0 Å². The Morgan fingerprint density at radius 1 is 1.59 bits per heavy atom. The van der Waals surface area contributed by atoms with Crippen molar-refractivity contribution < 1.29 is 18.0 Å². The Labute approximate surface area is 96.0 Å². The molecule has 1 rings (SSSR count). The van der Waals surface area contributed by atoms with Crippen LogP contribution in [0.4, 0.5) is 19.0 Å². The van der Waals surface area contributed by atoms with Gasteiger partial charge in [-0.3, -0.25) is 9.48 Å². The normalized spacial score (nSPS) is 11.5. The van der Waals surface area contributed by atoms with E-state index in [1.54, 1.807) is 0 Å². The van der Waals surface area contributed by atoms with Crippen LogP contribution in [0.2, 0.25) is 0 Å². The van der Waals surface area contributed by atoms with Crippen molar-refractivity contribution in [2.75, 3.05) is 18.8 Å². The first kappa shape index (κ1) is 13.3. The van der Waals surface area contributed by atoms with E-state index in [0.717, 1.165) is 4.90 Å². The summed E-state index contributed by atoms with van der Waals surface area (Å²) < 4.78 is 37.7. The third kappa shape index (κ3) is 4.33. The quantitative estimate of drug-likeness (QED) is 0.862. The van der Waals surface area contributed by atoms with Gasteiger partial charge in [-0.25, -0.2) is 0 Å². The molecule has 0 spiro atoms. The summed E-state index contributed by atoms with van der Waals surface area (Å²) in [6.07, 6.45) is -2.95. The molecule has 0 unspecified atom stereocenters. The lowest BCUT2D eigenvalue weighted by molar-refractivity contribution is -0.161. The number of hydrogen-bond donors (Lipinski definition) is 1. The third-order valence-corrected chi connectivity index (χ3v) is 2.06. The minimum Gasteiger partial charge on any atom is -0.382 e. The van der Waals surface area contributed by atoms with Gasteiger partial charge in [0.15, 0.2) is 0 Å². The summed E-state index contributed by atoms with van der Waals surface area (Å²) in [7, 11) is 0. The van der Waals surface area contributed by atoms with Gasteiger partial charge in [-0.1, -0.05) is 0 Å². The number of nitrogen functional groups attached to an aromatic ring is 1. The number of aromatic nitrogens is 2. The Kier molecular flexibility index (Phi) is 3.97. The van der Waals surface area contributed by atoms with E-state index in [0.29, 0.717) is 0 Å². The molecule has 0 aliphatic heterocycles. The van der Waals surface area contributed by atoms with Gasteiger partial charge in [-0.05, 0) is 13.0 Å². The smallest absolute Gasteiger partial charge is 0.382 e. The van der Waals surface area contributed by atoms with Crippen LogP contribution in [0.25, 0.3) is 0 Å². The van der Waals surface area contributed by atoms with E-state index in [-0.39, 0.29) is 18.9 Å². The zero-order valence-electron chi connectivity index (χ0n) is 9.24. The van der Waals surface area contributed by atoms with Crippen molar-refractivity contribution in [3.05, 3.63) is 12.3 Å². The molecular formula is C9H13F3N4O. The monoisotopic (exact) mass is 250 g/mol. The van der Waals surface area contributed by atoms with Gasteiger partial charge in [0.2, 0.25) is 5.91 Å². The maximum absolute atomic E-state index is 12.2. The lowest BCUT2D eigenvalue weighted by atomic mass is 10.4. The fourth-order valence-electron chi connectivity index (χ4n) is 1.30. The zero-order chi connectivity index (χ0) is 13.1. The number of amides is 1. The van der Waals surface area contributed by atoms with Crippen molar-refractivity contribution >= 4 is 11.7 Å². The fraction of sp³-hybridized carbons (Fsp3) is 0.556. The predicted molar refractivity (Wildman–Crippen MR) is 54.9 cm³/mol. The minimum atomic E-state index is -4.39. The largest absolute Gasteiger partial charge is 0.406 e. The Balaban J connectivity index is 2.61. The summed E-state index contributed by atoms with van der Waals surface area (Å²) >= 11 is 0. The number of nitrogens with two attached hydrogens (primary N) is 1. The molecule has 8 heteroatoms. The summed E-state index contributed by atoms with van der Waals surface area (Å²) in [5.41, 5.74) is 5.33. The number of nitrogens with zero attached hydrogens (tertiary/aromatic N) is 3. The molecule has 1 amide bonds. The number of carbonyl (C=O) groups excluding carboxylic acids is 1. The Bertz CT molecular complexity index is 388. The van der Waals surface area contributed by atoms with E-state index < -0.39 is 18.6 Å². The van der Waals surface area contributed by atoms with Crippen LogP contribution in [-0.4, -0.2) is 39.9 Å². The first-order valence-corrected chi connectivity index (χ1v) is 4.95. The summed E-state index contributed by atoms with van der Waals surface area (Å²) in [4.78, 5) is 12.3. The minimum absolute atomic E-state index is 0.00487. The second-order valence-electron chi connectivity index (χ2n) is 3.46. The van der Waals surface area contributed by atoms with Crippen LogP contribution < -0.4 is 5.73 Å². The van der Waals surface area contributed by atoms with Gasteiger partial charge in [0.25, 0.3) is 0 Å². The molecule has 1 aromatic rings. The molecule has 5 nitrogen and oxygen atoms in total. The molecule has 0 aromatic carbocycles. The molecule has 2 N–H and O–H groups in total. The van der Waals surface area contributed by atoms with Crippen molar-refractivity contribution in [1.29, 1.82) is 0 Å². The molecule has 0 bridgehead atoms. The maximum atomic E-state index is 12.2. The Morgan fingerprint density at radius 2 is 2.24 bits per heavy atom. The number of anilines is 1. The van der Waals surface area contributed by atoms with Crippen LogP contribution in [0.15, 0.2) is 12.3 Å². The average Bonchev–Trinajstić information content (AvgIpc) is 2.59. The highest BCUT2D eigenvalue weighted by Crippen LogP contribution is 2.16. The summed E-state index contributed by atoms with van der Waals surface area (Å²) in [5, 5.41) is 3.73. The standard InChI is InChI=1S/C9H13F3N4O/c1-2-15(6-9(10,11)12)8(17)5-16-4-3-7(13)14-16/h3-4H,2,5-6H2,1H3,(H2,13,14). The van der Waals surface area contributed by atoms with Gasteiger partial charge in [-0.15, -0.1) is 0 Å². The first-order valence-electron chi connectivity index (χ1n) is 4.95. The van der Waals surface area contributed by atoms with Crippen LogP contribution in [0.3, 0.4) is 0 Å². The molecule has 0 aliphatic rings. The topological polar surface area (TPSA) is 64.2 Å².